The van der Waals surface area contributed by atoms with Crippen molar-refractivity contribution in [2.75, 3.05) is 46.2 Å². The minimum absolute atomic E-state index is 0.00801. The molecule has 1 unspecified atom stereocenters. The first-order chi connectivity index (χ1) is 14.8. The number of hydrogen-bond donors (Lipinski definition) is 0. The summed E-state index contributed by atoms with van der Waals surface area (Å²) in [7, 11) is 0. The summed E-state index contributed by atoms with van der Waals surface area (Å²) in [5.41, 5.74) is -0.623. The zero-order valence-electron chi connectivity index (χ0n) is 18.6. The third-order valence-electron chi connectivity index (χ3n) is 4.53. The number of imide groups is 1. The third-order valence-corrected chi connectivity index (χ3v) is 4.53. The SMILES string of the molecule is C=COCC(COCC)(COCC)COCC(=O)CC(C)C(=O)ON1C(=O)CCC1=O. The highest BCUT2D eigenvalue weighted by atomic mass is 16.7. The maximum Gasteiger partial charge on any atom is 0.336 e. The van der Waals surface area contributed by atoms with Gasteiger partial charge in [0, 0.05) is 32.5 Å². The lowest BCUT2D eigenvalue weighted by Crippen LogP contribution is -2.42. The fraction of sp³-hybridized carbons (Fsp3) is 0.714. The molecular formula is C21H33NO9. The largest absolute Gasteiger partial charge is 0.501 e. The van der Waals surface area contributed by atoms with Crippen molar-refractivity contribution in [1.82, 2.24) is 5.06 Å². The number of hydrogen-bond acceptors (Lipinski definition) is 9. The monoisotopic (exact) mass is 443 g/mol. The van der Waals surface area contributed by atoms with Gasteiger partial charge < -0.3 is 23.8 Å². The Balaban J connectivity index is 2.54. The quantitative estimate of drug-likeness (QED) is 0.243. The molecule has 176 valence electrons. The Kier molecular flexibility index (Phi) is 12.0. The van der Waals surface area contributed by atoms with Crippen LogP contribution in [0.25, 0.3) is 0 Å². The molecule has 1 fully saturated rings. The number of ether oxygens (including phenoxy) is 4. The molecule has 10 heteroatoms. The molecule has 0 aromatic carbocycles. The Hall–Kier alpha value is -2.30. The highest BCUT2D eigenvalue weighted by Gasteiger charge is 2.35. The Morgan fingerprint density at radius 3 is 2.10 bits per heavy atom. The van der Waals surface area contributed by atoms with Crippen molar-refractivity contribution in [2.45, 2.75) is 40.0 Å². The topological polar surface area (TPSA) is 118 Å². The molecule has 0 aliphatic carbocycles. The molecule has 0 aromatic rings. The van der Waals surface area contributed by atoms with Crippen LogP contribution in [0.2, 0.25) is 0 Å². The van der Waals surface area contributed by atoms with E-state index in [1.807, 2.05) is 13.8 Å². The molecule has 10 nitrogen and oxygen atoms in total. The van der Waals surface area contributed by atoms with Gasteiger partial charge in [0.05, 0.1) is 44.0 Å². The molecule has 1 atom stereocenters. The minimum Gasteiger partial charge on any atom is -0.501 e. The average Bonchev–Trinajstić information content (AvgIpc) is 3.06. The second kappa shape index (κ2) is 13.9. The first kappa shape index (κ1) is 26.7. The van der Waals surface area contributed by atoms with E-state index in [-0.39, 0.29) is 44.9 Å². The van der Waals surface area contributed by atoms with Crippen LogP contribution in [0.1, 0.15) is 40.0 Å². The Bertz CT molecular complexity index is 610. The van der Waals surface area contributed by atoms with Crippen LogP contribution in [0.3, 0.4) is 0 Å². The lowest BCUT2D eigenvalue weighted by atomic mass is 9.92. The summed E-state index contributed by atoms with van der Waals surface area (Å²) in [6.07, 6.45) is 1.19. The van der Waals surface area contributed by atoms with Crippen LogP contribution in [0.15, 0.2) is 12.8 Å². The van der Waals surface area contributed by atoms with Gasteiger partial charge in [0.2, 0.25) is 0 Å². The standard InChI is InChI=1S/C21H33NO9/c1-5-27-12-21(13-28-6-2,14-29-7-3)15-30-11-17(23)10-16(4)20(26)31-22-18(24)8-9-19(22)25/h5,16H,1,6-15H2,2-4H3. The molecule has 31 heavy (non-hydrogen) atoms. The second-order valence-electron chi connectivity index (χ2n) is 7.38. The van der Waals surface area contributed by atoms with Gasteiger partial charge in [-0.1, -0.05) is 13.5 Å². The zero-order chi connectivity index (χ0) is 23.3. The summed E-state index contributed by atoms with van der Waals surface area (Å²) >= 11 is 0. The molecule has 0 N–H and O–H groups in total. The predicted octanol–water partition coefficient (Wildman–Crippen LogP) is 1.42. The number of Topliss-reactive ketones (excluding diaryl/α,β-unsaturated/α-hetero) is 1. The average molecular weight is 443 g/mol. The van der Waals surface area contributed by atoms with E-state index in [0.717, 1.165) is 0 Å². The van der Waals surface area contributed by atoms with Gasteiger partial charge in [-0.25, -0.2) is 4.79 Å². The Morgan fingerprint density at radius 1 is 1.03 bits per heavy atom. The van der Waals surface area contributed by atoms with Crippen molar-refractivity contribution in [3.8, 4) is 0 Å². The van der Waals surface area contributed by atoms with Crippen LogP contribution in [0.5, 0.6) is 0 Å². The fourth-order valence-electron chi connectivity index (χ4n) is 2.83. The van der Waals surface area contributed by atoms with Gasteiger partial charge in [-0.05, 0) is 13.8 Å². The summed E-state index contributed by atoms with van der Waals surface area (Å²) < 4.78 is 22.0. The number of nitrogens with zero attached hydrogens (tertiary/aromatic N) is 1. The fourth-order valence-corrected chi connectivity index (χ4v) is 2.83. The van der Waals surface area contributed by atoms with Crippen molar-refractivity contribution in [3.05, 3.63) is 12.8 Å². The van der Waals surface area contributed by atoms with Gasteiger partial charge in [-0.3, -0.25) is 14.4 Å². The van der Waals surface area contributed by atoms with E-state index < -0.39 is 29.1 Å². The lowest BCUT2D eigenvalue weighted by molar-refractivity contribution is -0.200. The second-order valence-corrected chi connectivity index (χ2v) is 7.38. The Morgan fingerprint density at radius 2 is 1.58 bits per heavy atom. The maximum absolute atomic E-state index is 12.3. The van der Waals surface area contributed by atoms with Crippen molar-refractivity contribution < 1.29 is 43.0 Å². The van der Waals surface area contributed by atoms with Crippen LogP contribution < -0.4 is 0 Å². The van der Waals surface area contributed by atoms with Gasteiger partial charge in [0.1, 0.15) is 6.61 Å². The molecule has 1 aliphatic heterocycles. The highest BCUT2D eigenvalue weighted by molar-refractivity contribution is 6.01. The number of ketones is 1. The van der Waals surface area contributed by atoms with Crippen molar-refractivity contribution in [1.29, 1.82) is 0 Å². The predicted molar refractivity (Wildman–Crippen MR) is 108 cm³/mol. The van der Waals surface area contributed by atoms with E-state index in [4.69, 9.17) is 23.8 Å². The molecule has 2 amide bonds. The molecule has 0 radical (unpaired) electrons. The van der Waals surface area contributed by atoms with Gasteiger partial charge >= 0.3 is 5.97 Å². The summed E-state index contributed by atoms with van der Waals surface area (Å²) in [5.74, 6) is -3.12. The van der Waals surface area contributed by atoms with Gasteiger partial charge in [0.25, 0.3) is 11.8 Å². The molecule has 0 spiro atoms. The van der Waals surface area contributed by atoms with Crippen molar-refractivity contribution in [2.24, 2.45) is 11.3 Å². The van der Waals surface area contributed by atoms with E-state index in [9.17, 15) is 19.2 Å². The number of amides is 2. The summed E-state index contributed by atoms with van der Waals surface area (Å²) in [4.78, 5) is 52.2. The molecule has 0 bridgehead atoms. The maximum atomic E-state index is 12.3. The third kappa shape index (κ3) is 9.16. The number of carbonyl (C=O) groups is 4. The summed E-state index contributed by atoms with van der Waals surface area (Å²) in [6.45, 7) is 10.5. The molecule has 0 aromatic heterocycles. The smallest absolute Gasteiger partial charge is 0.336 e. The van der Waals surface area contributed by atoms with E-state index >= 15 is 0 Å². The first-order valence-corrected chi connectivity index (χ1v) is 10.3. The highest BCUT2D eigenvalue weighted by Crippen LogP contribution is 2.21. The van der Waals surface area contributed by atoms with Crippen LogP contribution in [-0.2, 0) is 43.0 Å². The number of rotatable bonds is 17. The number of carbonyl (C=O) groups excluding carboxylic acids is 4. The van der Waals surface area contributed by atoms with E-state index in [1.54, 1.807) is 0 Å². The van der Waals surface area contributed by atoms with E-state index in [0.29, 0.717) is 31.5 Å². The first-order valence-electron chi connectivity index (χ1n) is 10.3. The van der Waals surface area contributed by atoms with Gasteiger partial charge in [-0.15, -0.1) is 5.06 Å². The molecular weight excluding hydrogens is 410 g/mol. The van der Waals surface area contributed by atoms with Crippen LogP contribution in [0, 0.1) is 11.3 Å². The number of hydroxylamine groups is 2. The summed E-state index contributed by atoms with van der Waals surface area (Å²) in [5, 5.41) is 0.467. The van der Waals surface area contributed by atoms with E-state index in [2.05, 4.69) is 6.58 Å². The van der Waals surface area contributed by atoms with Gasteiger partial charge in [0.15, 0.2) is 5.78 Å². The zero-order valence-corrected chi connectivity index (χ0v) is 18.6. The molecule has 0 saturated carbocycles. The minimum atomic E-state index is -0.835. The molecule has 1 aliphatic rings. The Labute approximate surface area is 182 Å². The van der Waals surface area contributed by atoms with Crippen molar-refractivity contribution in [3.63, 3.8) is 0 Å². The summed E-state index contributed by atoms with van der Waals surface area (Å²) in [6, 6.07) is 0. The molecule has 1 saturated heterocycles. The van der Waals surface area contributed by atoms with E-state index in [1.165, 1.54) is 13.2 Å². The van der Waals surface area contributed by atoms with Crippen molar-refractivity contribution >= 4 is 23.6 Å². The lowest BCUT2D eigenvalue weighted by Gasteiger charge is -2.32. The molecule has 1 rings (SSSR count). The molecule has 1 heterocycles. The normalized spacial score (nSPS) is 15.1. The van der Waals surface area contributed by atoms with Crippen LogP contribution in [-0.4, -0.2) is 74.9 Å². The van der Waals surface area contributed by atoms with Crippen LogP contribution in [0.4, 0.5) is 0 Å². The van der Waals surface area contributed by atoms with Gasteiger partial charge in [-0.2, -0.15) is 0 Å². The van der Waals surface area contributed by atoms with Crippen LogP contribution >= 0.6 is 0 Å².